The van der Waals surface area contributed by atoms with E-state index < -0.39 is 0 Å². The van der Waals surface area contributed by atoms with Gasteiger partial charge < -0.3 is 9.47 Å². The van der Waals surface area contributed by atoms with Gasteiger partial charge in [-0.2, -0.15) is 0 Å². The summed E-state index contributed by atoms with van der Waals surface area (Å²) >= 11 is 0. The molecule has 3 nitrogen and oxygen atoms in total. The third-order valence-corrected chi connectivity index (χ3v) is 6.55. The molecule has 0 fully saturated rings. The fourth-order valence-electron chi connectivity index (χ4n) is 3.65. The molecule has 0 heterocycles. The van der Waals surface area contributed by atoms with E-state index in [0.717, 1.165) is 38.9 Å². The van der Waals surface area contributed by atoms with Crippen molar-refractivity contribution in [2.75, 3.05) is 0 Å². The number of hydrogen-bond acceptors (Lipinski definition) is 3. The molecule has 5 heteroatoms. The summed E-state index contributed by atoms with van der Waals surface area (Å²) in [5, 5.41) is 0.880. The summed E-state index contributed by atoms with van der Waals surface area (Å²) in [6.45, 7) is 4.87. The third kappa shape index (κ3) is 6.84. The van der Waals surface area contributed by atoms with E-state index in [1.807, 2.05) is 111 Å². The molecule has 1 atom stereocenters. The van der Waals surface area contributed by atoms with E-state index in [-0.39, 0.29) is 33.0 Å². The number of carbonyl (C=O) groups excluding carboxylic acids is 1. The van der Waals surface area contributed by atoms with E-state index in [1.165, 1.54) is 0 Å². The van der Waals surface area contributed by atoms with Crippen molar-refractivity contribution in [3.63, 3.8) is 0 Å². The Balaban J connectivity index is 0.00000324. The van der Waals surface area contributed by atoms with Gasteiger partial charge in [0.15, 0.2) is 5.52 Å². The molecule has 0 saturated carbocycles. The zero-order valence-electron chi connectivity index (χ0n) is 19.9. The van der Waals surface area contributed by atoms with E-state index in [4.69, 9.17) is 9.47 Å². The second-order valence-electron chi connectivity index (χ2n) is 7.93. The first-order chi connectivity index (χ1) is 16.1. The molecule has 0 aliphatic rings. The molecule has 0 aliphatic carbocycles. The number of hydrogen-bond donors (Lipinski definition) is 0. The molecular weight excluding hydrogens is 434 g/mol. The summed E-state index contributed by atoms with van der Waals surface area (Å²) in [5.41, 5.74) is 5.09. The second-order valence-corrected chi connectivity index (χ2v) is 9.17. The van der Waals surface area contributed by atoms with Crippen LogP contribution in [0.3, 0.4) is 0 Å². The minimum absolute atomic E-state index is 0. The first-order valence-electron chi connectivity index (χ1n) is 11.0. The monoisotopic (exact) mass is 461 g/mol. The van der Waals surface area contributed by atoms with Crippen molar-refractivity contribution in [3.8, 4) is 11.5 Å². The van der Waals surface area contributed by atoms with Crippen LogP contribution >= 0.6 is 8.58 Å². The molecule has 1 unspecified atom stereocenters. The van der Waals surface area contributed by atoms with Gasteiger partial charge in [-0.25, -0.2) is 0 Å². The van der Waals surface area contributed by atoms with Crippen LogP contribution in [0.2, 0.25) is 0 Å². The van der Waals surface area contributed by atoms with Crippen molar-refractivity contribution in [3.05, 3.63) is 125 Å². The summed E-state index contributed by atoms with van der Waals surface area (Å²) < 4.78 is 12.2. The van der Waals surface area contributed by atoms with Crippen molar-refractivity contribution in [1.82, 2.24) is 0 Å². The predicted octanol–water partition coefficient (Wildman–Crippen LogP) is 3.61. The van der Waals surface area contributed by atoms with Crippen LogP contribution in [0.1, 0.15) is 32.6 Å². The van der Waals surface area contributed by atoms with Crippen LogP contribution in [0, 0.1) is 13.8 Å². The van der Waals surface area contributed by atoms with Gasteiger partial charge in [-0.05, 0) is 56.8 Å². The average Bonchev–Trinajstić information content (AvgIpc) is 2.83. The minimum Gasteiger partial charge on any atom is -0.489 e. The Labute approximate surface area is 215 Å². The van der Waals surface area contributed by atoms with Crippen LogP contribution in [0.25, 0.3) is 0 Å². The molecule has 0 spiro atoms. The number of benzene rings is 4. The summed E-state index contributed by atoms with van der Waals surface area (Å²) in [5.74, 6) is 1.40. The molecule has 4 aromatic rings. The standard InChI is InChI=1S/C29H27O3P.Li/c1-21-10-9-11-22(2)28(21)29(30)33-27-17-16-25(31-19-23-12-5-3-6-13-23)18-26(27)32-20-24-14-7-4-8-15-24;/h3-18,33H,19-20H2,1-2H3;/q;+1. The Kier molecular flexibility index (Phi) is 9.55. The molecule has 0 amide bonds. The van der Waals surface area contributed by atoms with Gasteiger partial charge in [-0.1, -0.05) is 78.9 Å². The van der Waals surface area contributed by atoms with Gasteiger partial charge in [0.25, 0.3) is 0 Å². The van der Waals surface area contributed by atoms with Crippen LogP contribution in [0.15, 0.2) is 97.1 Å². The van der Waals surface area contributed by atoms with Gasteiger partial charge in [-0.15, -0.1) is 0 Å². The zero-order chi connectivity index (χ0) is 23.0. The Morgan fingerprint density at radius 2 is 1.26 bits per heavy atom. The van der Waals surface area contributed by atoms with Crippen molar-refractivity contribution in [2.24, 2.45) is 0 Å². The molecule has 0 bridgehead atoms. The van der Waals surface area contributed by atoms with Crippen LogP contribution in [-0.2, 0) is 13.2 Å². The van der Waals surface area contributed by atoms with Crippen LogP contribution < -0.4 is 33.6 Å². The van der Waals surface area contributed by atoms with E-state index in [2.05, 4.69) is 0 Å². The van der Waals surface area contributed by atoms with E-state index in [9.17, 15) is 4.79 Å². The molecule has 0 aliphatic heterocycles. The smallest absolute Gasteiger partial charge is 0.489 e. The number of carbonyl (C=O) groups is 1. The molecule has 0 aromatic heterocycles. The second kappa shape index (κ2) is 12.6. The maximum atomic E-state index is 13.2. The number of ether oxygens (including phenoxy) is 2. The Bertz CT molecular complexity index is 1210. The van der Waals surface area contributed by atoms with Crippen molar-refractivity contribution < 1.29 is 33.1 Å². The molecule has 4 aromatic carbocycles. The van der Waals surface area contributed by atoms with Crippen molar-refractivity contribution in [1.29, 1.82) is 0 Å². The minimum atomic E-state index is -0.0334. The van der Waals surface area contributed by atoms with Gasteiger partial charge >= 0.3 is 18.9 Å². The van der Waals surface area contributed by atoms with Crippen molar-refractivity contribution >= 4 is 19.4 Å². The first kappa shape index (κ1) is 25.8. The van der Waals surface area contributed by atoms with Gasteiger partial charge in [-0.3, -0.25) is 4.79 Å². The maximum Gasteiger partial charge on any atom is 1.00 e. The van der Waals surface area contributed by atoms with Crippen LogP contribution in [0.4, 0.5) is 0 Å². The van der Waals surface area contributed by atoms with Gasteiger partial charge in [0, 0.05) is 16.9 Å². The topological polar surface area (TPSA) is 35.5 Å². The van der Waals surface area contributed by atoms with Gasteiger partial charge in [0.05, 0.1) is 0 Å². The molecule has 0 N–H and O–H groups in total. The van der Waals surface area contributed by atoms with Gasteiger partial charge in [0.1, 0.15) is 24.7 Å². The van der Waals surface area contributed by atoms with E-state index in [0.29, 0.717) is 19.0 Å². The average molecular weight is 461 g/mol. The molecule has 4 rings (SSSR count). The Morgan fingerprint density at radius 3 is 1.85 bits per heavy atom. The molecular formula is C29H27LiO3P+. The molecule has 34 heavy (non-hydrogen) atoms. The Hall–Kier alpha value is -2.82. The first-order valence-corrected chi connectivity index (χ1v) is 12.0. The largest absolute Gasteiger partial charge is 1.00 e. The number of rotatable bonds is 9. The fraction of sp³-hybridized carbons (Fsp3) is 0.138. The zero-order valence-corrected chi connectivity index (χ0v) is 20.9. The molecule has 166 valence electrons. The van der Waals surface area contributed by atoms with Crippen molar-refractivity contribution in [2.45, 2.75) is 27.1 Å². The summed E-state index contributed by atoms with van der Waals surface area (Å²) in [6.07, 6.45) is 0. The molecule has 0 radical (unpaired) electrons. The number of aryl methyl sites for hydroxylation is 2. The summed E-state index contributed by atoms with van der Waals surface area (Å²) in [4.78, 5) is 13.2. The SMILES string of the molecule is Cc1cccc(C)c1C(=O)Pc1ccc(OCc2ccccc2)cc1OCc1ccccc1.[Li+]. The third-order valence-electron chi connectivity index (χ3n) is 5.39. The Morgan fingerprint density at radius 1 is 0.706 bits per heavy atom. The summed E-state index contributed by atoms with van der Waals surface area (Å²) in [7, 11) is -0.0334. The summed E-state index contributed by atoms with van der Waals surface area (Å²) in [6, 6.07) is 31.8. The maximum absolute atomic E-state index is 13.2. The predicted molar refractivity (Wildman–Crippen MR) is 136 cm³/mol. The van der Waals surface area contributed by atoms with Crippen LogP contribution in [-0.4, -0.2) is 5.52 Å². The van der Waals surface area contributed by atoms with Gasteiger partial charge in [0.2, 0.25) is 0 Å². The van der Waals surface area contributed by atoms with Crippen LogP contribution in [0.5, 0.6) is 11.5 Å². The van der Waals surface area contributed by atoms with E-state index in [1.54, 1.807) is 0 Å². The van der Waals surface area contributed by atoms with E-state index >= 15 is 0 Å². The fourth-order valence-corrected chi connectivity index (χ4v) is 4.85. The quantitative estimate of drug-likeness (QED) is 0.282. The molecule has 0 saturated heterocycles. The normalized spacial score (nSPS) is 10.6.